The van der Waals surface area contributed by atoms with Crippen molar-refractivity contribution in [2.24, 2.45) is 0 Å². The third kappa shape index (κ3) is 4.27. The van der Waals surface area contributed by atoms with Crippen molar-refractivity contribution in [3.05, 3.63) is 69.7 Å². The van der Waals surface area contributed by atoms with E-state index in [0.717, 1.165) is 16.7 Å². The number of hydrogen-bond acceptors (Lipinski definition) is 6. The van der Waals surface area contributed by atoms with Gasteiger partial charge in [0.15, 0.2) is 6.29 Å². The zero-order valence-corrected chi connectivity index (χ0v) is 16.4. The second-order valence-electron chi connectivity index (χ2n) is 6.98. The van der Waals surface area contributed by atoms with Gasteiger partial charge in [0.2, 0.25) is 0 Å². The minimum absolute atomic E-state index is 0.503. The summed E-state index contributed by atoms with van der Waals surface area (Å²) in [6.07, 6.45) is -5.36. The molecule has 0 bridgehead atoms. The van der Waals surface area contributed by atoms with Gasteiger partial charge in [-0.3, -0.25) is 0 Å². The SMILES string of the molecule is CO[C@H]1O[C@@H](c2ccc(Cl)c(Cc3ccc(C(C)=N)cc3)c2)[C@H](O)[C@@H](O)[C@@H]1O. The fraction of sp³-hybridized carbons (Fsp3) is 0.381. The Balaban J connectivity index is 1.85. The highest BCUT2D eigenvalue weighted by Crippen LogP contribution is 2.34. The van der Waals surface area contributed by atoms with Gasteiger partial charge >= 0.3 is 0 Å². The third-order valence-electron chi connectivity index (χ3n) is 4.98. The van der Waals surface area contributed by atoms with Crippen LogP contribution < -0.4 is 0 Å². The van der Waals surface area contributed by atoms with Gasteiger partial charge in [-0.2, -0.15) is 0 Å². The molecule has 0 spiro atoms. The Hall–Kier alpha value is -1.80. The van der Waals surface area contributed by atoms with Crippen molar-refractivity contribution in [1.29, 1.82) is 5.41 Å². The lowest BCUT2D eigenvalue weighted by molar-refractivity contribution is -0.292. The van der Waals surface area contributed by atoms with Crippen LogP contribution in [-0.2, 0) is 15.9 Å². The van der Waals surface area contributed by atoms with Gasteiger partial charge in [0.05, 0.1) is 0 Å². The van der Waals surface area contributed by atoms with Crippen LogP contribution in [0.15, 0.2) is 42.5 Å². The Morgan fingerprint density at radius 3 is 2.36 bits per heavy atom. The van der Waals surface area contributed by atoms with Gasteiger partial charge in [0.1, 0.15) is 24.4 Å². The molecule has 1 aliphatic rings. The summed E-state index contributed by atoms with van der Waals surface area (Å²) in [4.78, 5) is 0. The Kier molecular flexibility index (Phi) is 6.50. The average molecular weight is 406 g/mol. The molecule has 0 amide bonds. The molecule has 28 heavy (non-hydrogen) atoms. The zero-order chi connectivity index (χ0) is 20.4. The van der Waals surface area contributed by atoms with Gasteiger partial charge < -0.3 is 30.2 Å². The molecule has 1 aliphatic heterocycles. The molecule has 1 heterocycles. The van der Waals surface area contributed by atoms with Crippen LogP contribution in [-0.4, -0.2) is 52.7 Å². The zero-order valence-electron chi connectivity index (χ0n) is 15.7. The molecule has 4 N–H and O–H groups in total. The van der Waals surface area contributed by atoms with E-state index in [4.69, 9.17) is 26.5 Å². The molecule has 0 radical (unpaired) electrons. The Morgan fingerprint density at radius 2 is 1.75 bits per heavy atom. The molecule has 7 heteroatoms. The quantitative estimate of drug-likeness (QED) is 0.572. The first-order valence-electron chi connectivity index (χ1n) is 8.97. The number of ether oxygens (including phenoxy) is 2. The third-order valence-corrected chi connectivity index (χ3v) is 5.35. The van der Waals surface area contributed by atoms with E-state index < -0.39 is 30.7 Å². The van der Waals surface area contributed by atoms with E-state index in [9.17, 15) is 15.3 Å². The molecule has 3 rings (SSSR count). The van der Waals surface area contributed by atoms with Crippen LogP contribution in [0, 0.1) is 5.41 Å². The molecule has 6 nitrogen and oxygen atoms in total. The predicted molar refractivity (Wildman–Crippen MR) is 106 cm³/mol. The lowest BCUT2D eigenvalue weighted by atomic mass is 9.92. The van der Waals surface area contributed by atoms with Gasteiger partial charge in [0, 0.05) is 17.8 Å². The summed E-state index contributed by atoms with van der Waals surface area (Å²) in [7, 11) is 1.36. The van der Waals surface area contributed by atoms with E-state index in [2.05, 4.69) is 0 Å². The van der Waals surface area contributed by atoms with E-state index in [1.807, 2.05) is 30.3 Å². The van der Waals surface area contributed by atoms with E-state index in [-0.39, 0.29) is 0 Å². The minimum atomic E-state index is -1.39. The largest absolute Gasteiger partial charge is 0.387 e. The van der Waals surface area contributed by atoms with Crippen LogP contribution in [0.2, 0.25) is 5.02 Å². The molecular formula is C21H24ClNO5. The van der Waals surface area contributed by atoms with Crippen molar-refractivity contribution in [1.82, 2.24) is 0 Å². The second kappa shape index (κ2) is 8.69. The lowest BCUT2D eigenvalue weighted by Crippen LogP contribution is -2.54. The predicted octanol–water partition coefficient (Wildman–Crippen LogP) is 2.45. The molecule has 5 atom stereocenters. The molecule has 2 aromatic rings. The smallest absolute Gasteiger partial charge is 0.186 e. The van der Waals surface area contributed by atoms with Crippen molar-refractivity contribution in [2.45, 2.75) is 44.1 Å². The topological polar surface area (TPSA) is 103 Å². The van der Waals surface area contributed by atoms with E-state index in [0.29, 0.717) is 22.7 Å². The van der Waals surface area contributed by atoms with Crippen molar-refractivity contribution < 1.29 is 24.8 Å². The van der Waals surface area contributed by atoms with Gasteiger partial charge in [0.25, 0.3) is 0 Å². The van der Waals surface area contributed by atoms with Crippen LogP contribution in [0.1, 0.15) is 35.3 Å². The number of methoxy groups -OCH3 is 1. The average Bonchev–Trinajstić information content (AvgIpc) is 2.69. The number of benzene rings is 2. The van der Waals surface area contributed by atoms with E-state index in [1.165, 1.54) is 7.11 Å². The summed E-state index contributed by atoms with van der Waals surface area (Å²) >= 11 is 6.36. The summed E-state index contributed by atoms with van der Waals surface area (Å²) in [5.41, 5.74) is 3.86. The normalized spacial score (nSPS) is 27.6. The van der Waals surface area contributed by atoms with Crippen molar-refractivity contribution in [2.75, 3.05) is 7.11 Å². The van der Waals surface area contributed by atoms with Crippen molar-refractivity contribution in [3.63, 3.8) is 0 Å². The highest BCUT2D eigenvalue weighted by molar-refractivity contribution is 6.31. The van der Waals surface area contributed by atoms with Gasteiger partial charge in [-0.25, -0.2) is 0 Å². The van der Waals surface area contributed by atoms with Crippen LogP contribution in [0.4, 0.5) is 0 Å². The highest BCUT2D eigenvalue weighted by Gasteiger charge is 2.44. The number of hydrogen-bond donors (Lipinski definition) is 4. The number of aliphatic hydroxyl groups excluding tert-OH is 3. The lowest BCUT2D eigenvalue weighted by Gasteiger charge is -2.40. The molecule has 150 valence electrons. The monoisotopic (exact) mass is 405 g/mol. The summed E-state index contributed by atoms with van der Waals surface area (Å²) in [6.45, 7) is 1.74. The fourth-order valence-electron chi connectivity index (χ4n) is 3.32. The van der Waals surface area contributed by atoms with Gasteiger partial charge in [-0.1, -0.05) is 48.0 Å². The highest BCUT2D eigenvalue weighted by atomic mass is 35.5. The Morgan fingerprint density at radius 1 is 1.07 bits per heavy atom. The summed E-state index contributed by atoms with van der Waals surface area (Å²) in [5.74, 6) is 0. The number of rotatable bonds is 5. The van der Waals surface area contributed by atoms with Crippen LogP contribution in [0.25, 0.3) is 0 Å². The number of aliphatic hydroxyl groups is 3. The standard InChI is InChI=1S/C21H24ClNO5/c1-11(23)13-5-3-12(4-6-13)9-15-10-14(7-8-16(15)22)20-18(25)17(24)19(26)21(27-2)28-20/h3-8,10,17-21,23-26H,9H2,1-2H3/t17-,18-,19+,20+,21+/m1/s1. The molecule has 1 fully saturated rings. The van der Waals surface area contributed by atoms with Crippen molar-refractivity contribution >= 4 is 17.3 Å². The summed E-state index contributed by atoms with van der Waals surface area (Å²) in [5, 5.41) is 38.7. The fourth-order valence-corrected chi connectivity index (χ4v) is 3.50. The van der Waals surface area contributed by atoms with E-state index in [1.54, 1.807) is 19.1 Å². The maximum atomic E-state index is 10.4. The molecule has 1 saturated heterocycles. The molecule has 0 unspecified atom stereocenters. The Labute approximate surface area is 168 Å². The van der Waals surface area contributed by atoms with Crippen LogP contribution >= 0.6 is 11.6 Å². The van der Waals surface area contributed by atoms with Gasteiger partial charge in [-0.05, 0) is 41.7 Å². The van der Waals surface area contributed by atoms with E-state index >= 15 is 0 Å². The number of halogens is 1. The first-order valence-corrected chi connectivity index (χ1v) is 9.35. The minimum Gasteiger partial charge on any atom is -0.387 e. The summed E-state index contributed by atoms with van der Waals surface area (Å²) < 4.78 is 10.7. The van der Waals surface area contributed by atoms with Crippen molar-refractivity contribution in [3.8, 4) is 0 Å². The van der Waals surface area contributed by atoms with Crippen LogP contribution in [0.3, 0.4) is 0 Å². The molecule has 2 aromatic carbocycles. The molecular weight excluding hydrogens is 382 g/mol. The Bertz CT molecular complexity index is 839. The number of nitrogens with one attached hydrogen (secondary N) is 1. The first-order chi connectivity index (χ1) is 13.3. The second-order valence-corrected chi connectivity index (χ2v) is 7.39. The van der Waals surface area contributed by atoms with Gasteiger partial charge in [-0.15, -0.1) is 0 Å². The maximum absolute atomic E-state index is 10.4. The molecule has 0 aromatic heterocycles. The maximum Gasteiger partial charge on any atom is 0.186 e. The first kappa shape index (κ1) is 20.9. The molecule has 0 saturated carbocycles. The molecule has 0 aliphatic carbocycles. The summed E-state index contributed by atoms with van der Waals surface area (Å²) in [6, 6.07) is 12.9. The van der Waals surface area contributed by atoms with Crippen LogP contribution in [0.5, 0.6) is 0 Å².